The van der Waals surface area contributed by atoms with Gasteiger partial charge in [-0.05, 0) is 141 Å². The van der Waals surface area contributed by atoms with E-state index in [1.54, 1.807) is 43.3 Å². The lowest BCUT2D eigenvalue weighted by Crippen LogP contribution is -2.66. The summed E-state index contributed by atoms with van der Waals surface area (Å²) >= 11 is 0. The van der Waals surface area contributed by atoms with Crippen molar-refractivity contribution in [1.82, 2.24) is 10.6 Å². The number of fused-ring (bicyclic) bond motifs is 6. The fraction of sp³-hybridized carbons (Fsp3) is 0.554. The van der Waals surface area contributed by atoms with Crippen molar-refractivity contribution in [2.24, 2.45) is 11.8 Å². The number of phenolic OH excluding ortho intramolecular Hbond substituents is 1. The Kier molecular flexibility index (Phi) is 19.0. The molecule has 12 nitrogen and oxygen atoms in total. The zero-order valence-corrected chi connectivity index (χ0v) is 40.1. The largest absolute Gasteiger partial charge is 0.508 e. The van der Waals surface area contributed by atoms with E-state index in [9.17, 15) is 50.8 Å². The van der Waals surface area contributed by atoms with Crippen molar-refractivity contribution in [2.75, 3.05) is 6.61 Å². The highest BCUT2D eigenvalue weighted by atomic mass is 16.4. The van der Waals surface area contributed by atoms with E-state index in [1.807, 2.05) is 62.4 Å². The zero-order valence-electron chi connectivity index (χ0n) is 40.1. The number of hydrogen-bond donors (Lipinski definition) is 11. The summed E-state index contributed by atoms with van der Waals surface area (Å²) in [5.41, 5.74) is 2.80. The lowest BCUT2D eigenvalue weighted by Gasteiger charge is -2.49. The summed E-state index contributed by atoms with van der Waals surface area (Å²) in [4.78, 5) is 12.6. The number of nitrogens with one attached hydrogen (secondary N) is 2. The van der Waals surface area contributed by atoms with Crippen LogP contribution in [0.3, 0.4) is 0 Å². The molecule has 370 valence electrons. The summed E-state index contributed by atoms with van der Waals surface area (Å²) in [5.74, 6) is 4.95. The van der Waals surface area contributed by atoms with Gasteiger partial charge in [-0.15, -0.1) is 0 Å². The van der Waals surface area contributed by atoms with Crippen LogP contribution in [0.4, 0.5) is 0 Å². The van der Waals surface area contributed by atoms with E-state index in [1.165, 1.54) is 0 Å². The molecule has 0 amide bonds. The molecule has 3 aromatic rings. The van der Waals surface area contributed by atoms with Crippen molar-refractivity contribution in [3.8, 4) is 17.6 Å². The van der Waals surface area contributed by atoms with Crippen LogP contribution in [0.2, 0.25) is 0 Å². The van der Waals surface area contributed by atoms with E-state index < -0.39 is 78.2 Å². The van der Waals surface area contributed by atoms with Crippen molar-refractivity contribution in [3.05, 3.63) is 124 Å². The number of benzene rings is 3. The Morgan fingerprint density at radius 2 is 1.66 bits per heavy atom. The van der Waals surface area contributed by atoms with Crippen LogP contribution < -0.4 is 10.6 Å². The van der Waals surface area contributed by atoms with Gasteiger partial charge in [0.05, 0.1) is 54.7 Å². The number of aliphatic carboxylic acids is 1. The van der Waals surface area contributed by atoms with Crippen LogP contribution in [0.25, 0.3) is 0 Å². The van der Waals surface area contributed by atoms with Crippen LogP contribution in [-0.2, 0) is 30.5 Å². The first kappa shape index (κ1) is 53.0. The summed E-state index contributed by atoms with van der Waals surface area (Å²) < 4.78 is 0. The topological polar surface area (TPSA) is 223 Å². The first-order chi connectivity index (χ1) is 32.5. The molecule has 4 aliphatic rings. The van der Waals surface area contributed by atoms with Gasteiger partial charge in [-0.3, -0.25) is 4.79 Å². The highest BCUT2D eigenvalue weighted by Crippen LogP contribution is 2.40. The van der Waals surface area contributed by atoms with Gasteiger partial charge in [-0.25, -0.2) is 0 Å². The van der Waals surface area contributed by atoms with Gasteiger partial charge in [-0.1, -0.05) is 98.4 Å². The molecule has 68 heavy (non-hydrogen) atoms. The van der Waals surface area contributed by atoms with Gasteiger partial charge in [0.1, 0.15) is 5.75 Å². The smallest absolute Gasteiger partial charge is 0.303 e. The molecule has 12 unspecified atom stereocenters. The summed E-state index contributed by atoms with van der Waals surface area (Å²) in [6.07, 6.45) is 2.98. The Labute approximate surface area is 402 Å². The van der Waals surface area contributed by atoms with Gasteiger partial charge in [0, 0.05) is 36.5 Å². The van der Waals surface area contributed by atoms with Crippen molar-refractivity contribution in [2.45, 2.75) is 177 Å². The molecule has 12 atom stereocenters. The molecule has 1 fully saturated rings. The summed E-state index contributed by atoms with van der Waals surface area (Å²) in [6.45, 7) is 5.25. The third kappa shape index (κ3) is 13.9. The quantitative estimate of drug-likeness (QED) is 0.0912. The number of hydrogen-bond acceptors (Lipinski definition) is 11. The molecule has 0 spiro atoms. The predicted octanol–water partition coefficient (Wildman–Crippen LogP) is 5.43. The second-order valence-electron chi connectivity index (χ2n) is 20.2. The summed E-state index contributed by atoms with van der Waals surface area (Å²) in [6, 6.07) is 21.0. The molecule has 0 saturated carbocycles. The average Bonchev–Trinajstić information content (AvgIpc) is 3.47. The number of phenols is 1. The number of aliphatic hydroxyl groups is 7. The van der Waals surface area contributed by atoms with Gasteiger partial charge < -0.3 is 56.6 Å². The molecule has 0 aromatic heterocycles. The van der Waals surface area contributed by atoms with E-state index in [0.717, 1.165) is 46.2 Å². The average molecular weight is 937 g/mol. The summed E-state index contributed by atoms with van der Waals surface area (Å²) in [5, 5.41) is 110. The molecule has 12 heteroatoms. The second-order valence-corrected chi connectivity index (χ2v) is 20.2. The van der Waals surface area contributed by atoms with Crippen LogP contribution in [0.5, 0.6) is 5.75 Å². The van der Waals surface area contributed by atoms with Crippen LogP contribution in [0.15, 0.2) is 96.1 Å². The van der Waals surface area contributed by atoms with Crippen LogP contribution >= 0.6 is 0 Å². The molecule has 4 heterocycles. The first-order valence-corrected chi connectivity index (χ1v) is 24.8. The maximum absolute atomic E-state index is 13.4. The second kappa shape index (κ2) is 24.4. The van der Waals surface area contributed by atoms with Crippen molar-refractivity contribution in [3.63, 3.8) is 0 Å². The monoisotopic (exact) mass is 937 g/mol. The molecule has 0 radical (unpaired) electrons. The third-order valence-electron chi connectivity index (χ3n) is 15.0. The number of aryl methyl sites for hydroxylation is 1. The van der Waals surface area contributed by atoms with E-state index >= 15 is 0 Å². The number of unbranched alkanes of at least 4 members (excludes halogenated alkanes) is 1. The van der Waals surface area contributed by atoms with Crippen LogP contribution in [0.1, 0.15) is 119 Å². The van der Waals surface area contributed by atoms with Gasteiger partial charge in [0.25, 0.3) is 0 Å². The minimum atomic E-state index is -1.59. The van der Waals surface area contributed by atoms with Crippen LogP contribution in [-0.4, -0.2) is 118 Å². The van der Waals surface area contributed by atoms with Gasteiger partial charge in [0.2, 0.25) is 0 Å². The molecule has 4 aliphatic heterocycles. The minimum absolute atomic E-state index is 0.0226. The van der Waals surface area contributed by atoms with Gasteiger partial charge in [-0.2, -0.15) is 0 Å². The first-order valence-electron chi connectivity index (χ1n) is 24.8. The fourth-order valence-electron chi connectivity index (χ4n) is 10.9. The van der Waals surface area contributed by atoms with Crippen molar-refractivity contribution < 1.29 is 50.8 Å². The van der Waals surface area contributed by atoms with E-state index in [4.69, 9.17) is 0 Å². The molecule has 1 saturated heterocycles. The molecule has 0 aliphatic carbocycles. The number of allylic oxidation sites excluding steroid dienone is 2. The highest BCUT2D eigenvalue weighted by Gasteiger charge is 2.49. The maximum atomic E-state index is 13.4. The number of carbonyl (C=O) groups is 1. The SMILES string of the molecule is CCCCC(O)C(O)C=CC1=C(CC(O)CO)C2CCC(O)C3NC(C)CCC(C(O)Cc4ccc(cc4)CC(C(C)(O)Cc4ccc(O)cc4)(CC#Cc4ccccc4CC1)N2)C3CC(=O)O. The van der Waals surface area contributed by atoms with Crippen molar-refractivity contribution in [1.29, 1.82) is 0 Å². The van der Waals surface area contributed by atoms with Gasteiger partial charge in [0.15, 0.2) is 0 Å². The Balaban J connectivity index is 1.63. The predicted molar refractivity (Wildman–Crippen MR) is 264 cm³/mol. The molecule has 7 rings (SSSR count). The Bertz CT molecular complexity index is 2210. The Morgan fingerprint density at radius 3 is 2.37 bits per heavy atom. The minimum Gasteiger partial charge on any atom is -0.508 e. The highest BCUT2D eigenvalue weighted by molar-refractivity contribution is 5.67. The number of rotatable bonds is 14. The number of carboxylic acids is 1. The fourth-order valence-corrected chi connectivity index (χ4v) is 10.9. The van der Waals surface area contributed by atoms with E-state index in [-0.39, 0.29) is 63.2 Å². The lowest BCUT2D eigenvalue weighted by molar-refractivity contribution is -0.139. The molecular formula is C56H76N2O10. The zero-order chi connectivity index (χ0) is 49.0. The lowest BCUT2D eigenvalue weighted by atomic mass is 9.69. The molecule has 11 N–H and O–H groups in total. The Hall–Kier alpha value is -4.39. The number of carboxylic acid groups (broad SMARTS) is 1. The summed E-state index contributed by atoms with van der Waals surface area (Å²) in [7, 11) is 0. The Morgan fingerprint density at radius 1 is 0.941 bits per heavy atom. The number of aromatic hydroxyl groups is 1. The third-order valence-corrected chi connectivity index (χ3v) is 15.0. The van der Waals surface area contributed by atoms with Crippen LogP contribution in [0, 0.1) is 23.7 Å². The van der Waals surface area contributed by atoms with Crippen molar-refractivity contribution >= 4 is 5.97 Å². The molecular weight excluding hydrogens is 861 g/mol. The van der Waals surface area contributed by atoms with Gasteiger partial charge >= 0.3 is 5.97 Å². The van der Waals surface area contributed by atoms with E-state index in [2.05, 4.69) is 22.5 Å². The normalized spacial score (nSPS) is 28.4. The molecule has 6 bridgehead atoms. The number of aliphatic hydroxyl groups excluding tert-OH is 6. The standard InChI is InChI=1S/C56H76N2O10/c1-4-5-12-49(62)50(63)27-22-42-21-20-41-10-7-6-9-40(41)11-8-29-56(55(3,68)33-38-18-23-43(60)24-19-38)34-39-16-14-37(15-17-39)30-52(65)45-25-13-36(2)57-54(47(45)32-53(66)67)51(64)28-26-48(58-56)46(42)31-44(61)35-59/h6-7,9-10,14-19,22-24,27,36,44-45,47-52,54,57-65,68H,4-5,12-13,20-21,25-26,28-35H2,1-3H3,(H,66,67). The molecule has 3 aromatic carbocycles. The maximum Gasteiger partial charge on any atom is 0.303 e. The van der Waals surface area contributed by atoms with E-state index in [0.29, 0.717) is 37.7 Å².